The largest absolute Gasteiger partial charge is 0.300 e. The number of carbonyl (C=O) groups excluding carboxylic acids is 1. The minimum atomic E-state index is -1.76. The van der Waals surface area contributed by atoms with Crippen LogP contribution < -0.4 is 0 Å². The number of pyridine rings is 1. The van der Waals surface area contributed by atoms with Gasteiger partial charge in [0.1, 0.15) is 17.3 Å². The molecule has 80 valence electrons. The topological polar surface area (TPSA) is 30.0 Å². The lowest BCUT2D eigenvalue weighted by Gasteiger charge is -2.28. The van der Waals surface area contributed by atoms with Gasteiger partial charge in [0.25, 0.3) is 0 Å². The van der Waals surface area contributed by atoms with Crippen LogP contribution in [0.2, 0.25) is 0 Å². The average molecular weight is 211 g/mol. The molecule has 0 aliphatic heterocycles. The molecular formula is C11H11F2NO. The molecular weight excluding hydrogens is 200 g/mol. The molecule has 1 fully saturated rings. The summed E-state index contributed by atoms with van der Waals surface area (Å²) in [5.74, 6) is -0.589. The van der Waals surface area contributed by atoms with E-state index in [0.717, 1.165) is 0 Å². The van der Waals surface area contributed by atoms with Crippen LogP contribution in [-0.2, 0) is 10.5 Å². The second kappa shape index (κ2) is 3.68. The molecule has 1 aliphatic carbocycles. The zero-order chi connectivity index (χ0) is 10.9. The number of ketones is 1. The SMILES string of the molecule is O=C1CCC(F)(c2ncccc2F)CC1. The van der Waals surface area contributed by atoms with Gasteiger partial charge in [0.15, 0.2) is 5.67 Å². The summed E-state index contributed by atoms with van der Waals surface area (Å²) < 4.78 is 27.6. The van der Waals surface area contributed by atoms with E-state index in [1.807, 2.05) is 0 Å². The van der Waals surface area contributed by atoms with E-state index in [9.17, 15) is 13.6 Å². The quantitative estimate of drug-likeness (QED) is 0.714. The lowest BCUT2D eigenvalue weighted by Crippen LogP contribution is -2.29. The minimum absolute atomic E-state index is 0.0413. The van der Waals surface area contributed by atoms with Crippen LogP contribution in [0.5, 0.6) is 0 Å². The number of halogens is 2. The van der Waals surface area contributed by atoms with Crippen molar-refractivity contribution >= 4 is 5.78 Å². The first kappa shape index (κ1) is 10.2. The van der Waals surface area contributed by atoms with Crippen LogP contribution in [0.4, 0.5) is 8.78 Å². The summed E-state index contributed by atoms with van der Waals surface area (Å²) in [6.45, 7) is 0. The maximum absolute atomic E-state index is 14.3. The standard InChI is InChI=1S/C11H11F2NO/c12-9-2-1-7-14-10(9)11(13)5-3-8(15)4-6-11/h1-2,7H,3-6H2. The van der Waals surface area contributed by atoms with Gasteiger partial charge in [-0.25, -0.2) is 8.78 Å². The Morgan fingerprint density at radius 3 is 2.60 bits per heavy atom. The van der Waals surface area contributed by atoms with Gasteiger partial charge in [0, 0.05) is 19.0 Å². The molecule has 0 N–H and O–H groups in total. The molecule has 2 nitrogen and oxygen atoms in total. The molecule has 2 rings (SSSR count). The van der Waals surface area contributed by atoms with E-state index in [0.29, 0.717) is 0 Å². The van der Waals surface area contributed by atoms with E-state index in [1.165, 1.54) is 18.3 Å². The summed E-state index contributed by atoms with van der Waals surface area (Å²) in [5.41, 5.74) is -1.92. The molecule has 0 bridgehead atoms. The number of Topliss-reactive ketones (excluding diaryl/α,β-unsaturated/α-hetero) is 1. The minimum Gasteiger partial charge on any atom is -0.300 e. The van der Waals surface area contributed by atoms with E-state index in [1.54, 1.807) is 0 Å². The molecule has 0 atom stereocenters. The first-order chi connectivity index (χ1) is 7.12. The van der Waals surface area contributed by atoms with Crippen molar-refractivity contribution in [1.82, 2.24) is 4.98 Å². The molecule has 0 aromatic carbocycles. The highest BCUT2D eigenvalue weighted by atomic mass is 19.1. The van der Waals surface area contributed by atoms with Crippen molar-refractivity contribution in [2.24, 2.45) is 0 Å². The highest BCUT2D eigenvalue weighted by Crippen LogP contribution is 2.39. The summed E-state index contributed by atoms with van der Waals surface area (Å²) in [7, 11) is 0. The highest BCUT2D eigenvalue weighted by Gasteiger charge is 2.39. The second-order valence-corrected chi connectivity index (χ2v) is 3.84. The molecule has 0 radical (unpaired) electrons. The number of aromatic nitrogens is 1. The van der Waals surface area contributed by atoms with E-state index in [-0.39, 0.29) is 37.2 Å². The monoisotopic (exact) mass is 211 g/mol. The van der Waals surface area contributed by atoms with Gasteiger partial charge in [0.05, 0.1) is 0 Å². The predicted octanol–water partition coefficient (Wildman–Crippen LogP) is 2.53. The van der Waals surface area contributed by atoms with Crippen LogP contribution in [-0.4, -0.2) is 10.8 Å². The molecule has 1 aromatic rings. The number of hydrogen-bond donors (Lipinski definition) is 0. The fraction of sp³-hybridized carbons (Fsp3) is 0.455. The summed E-state index contributed by atoms with van der Waals surface area (Å²) in [6.07, 6.45) is 1.80. The Bertz CT molecular complexity index is 382. The molecule has 1 heterocycles. The van der Waals surface area contributed by atoms with E-state index < -0.39 is 11.5 Å². The van der Waals surface area contributed by atoms with Crippen LogP contribution >= 0.6 is 0 Å². The fourth-order valence-corrected chi connectivity index (χ4v) is 1.88. The van der Waals surface area contributed by atoms with Crippen molar-refractivity contribution in [3.8, 4) is 0 Å². The first-order valence-electron chi connectivity index (χ1n) is 4.93. The van der Waals surface area contributed by atoms with Gasteiger partial charge in [0.2, 0.25) is 0 Å². The van der Waals surface area contributed by atoms with Crippen molar-refractivity contribution in [3.63, 3.8) is 0 Å². The highest BCUT2D eigenvalue weighted by molar-refractivity contribution is 5.79. The van der Waals surface area contributed by atoms with Gasteiger partial charge in [-0.05, 0) is 25.0 Å². The molecule has 0 saturated heterocycles. The first-order valence-corrected chi connectivity index (χ1v) is 4.93. The lowest BCUT2D eigenvalue weighted by molar-refractivity contribution is -0.123. The Labute approximate surface area is 86.3 Å². The van der Waals surface area contributed by atoms with Crippen molar-refractivity contribution in [2.45, 2.75) is 31.4 Å². The third-order valence-corrected chi connectivity index (χ3v) is 2.78. The number of alkyl halides is 1. The van der Waals surface area contributed by atoms with Gasteiger partial charge in [-0.3, -0.25) is 9.78 Å². The van der Waals surface area contributed by atoms with Crippen LogP contribution in [0.15, 0.2) is 18.3 Å². The molecule has 1 aliphatic rings. The van der Waals surface area contributed by atoms with E-state index >= 15 is 0 Å². The fourth-order valence-electron chi connectivity index (χ4n) is 1.88. The predicted molar refractivity (Wildman–Crippen MR) is 50.5 cm³/mol. The third-order valence-electron chi connectivity index (χ3n) is 2.78. The van der Waals surface area contributed by atoms with Crippen LogP contribution in [0, 0.1) is 5.82 Å². The normalized spacial score (nSPS) is 20.3. The molecule has 1 saturated carbocycles. The van der Waals surface area contributed by atoms with Crippen molar-refractivity contribution in [3.05, 3.63) is 29.8 Å². The van der Waals surface area contributed by atoms with Crippen molar-refractivity contribution in [2.75, 3.05) is 0 Å². The summed E-state index contributed by atoms with van der Waals surface area (Å²) >= 11 is 0. The van der Waals surface area contributed by atoms with Crippen LogP contribution in [0.1, 0.15) is 31.4 Å². The van der Waals surface area contributed by atoms with Gasteiger partial charge >= 0.3 is 0 Å². The van der Waals surface area contributed by atoms with Crippen molar-refractivity contribution < 1.29 is 13.6 Å². The zero-order valence-electron chi connectivity index (χ0n) is 8.17. The number of hydrogen-bond acceptors (Lipinski definition) is 2. The van der Waals surface area contributed by atoms with Gasteiger partial charge in [-0.1, -0.05) is 0 Å². The Kier molecular flexibility index (Phi) is 2.50. The summed E-state index contributed by atoms with van der Waals surface area (Å²) in [5, 5.41) is 0. The van der Waals surface area contributed by atoms with E-state index in [2.05, 4.69) is 4.98 Å². The third kappa shape index (κ3) is 1.89. The number of carbonyl (C=O) groups is 1. The smallest absolute Gasteiger partial charge is 0.156 e. The molecule has 0 amide bonds. The van der Waals surface area contributed by atoms with Crippen LogP contribution in [0.25, 0.3) is 0 Å². The Hall–Kier alpha value is -1.32. The molecule has 4 heteroatoms. The van der Waals surface area contributed by atoms with Gasteiger partial charge in [-0.15, -0.1) is 0 Å². The average Bonchev–Trinajstić information content (AvgIpc) is 2.23. The molecule has 1 aromatic heterocycles. The van der Waals surface area contributed by atoms with Gasteiger partial charge < -0.3 is 0 Å². The Balaban J connectivity index is 2.30. The van der Waals surface area contributed by atoms with E-state index in [4.69, 9.17) is 0 Å². The molecule has 15 heavy (non-hydrogen) atoms. The Morgan fingerprint density at radius 1 is 1.33 bits per heavy atom. The molecule has 0 spiro atoms. The lowest BCUT2D eigenvalue weighted by atomic mass is 9.83. The van der Waals surface area contributed by atoms with Gasteiger partial charge in [-0.2, -0.15) is 0 Å². The zero-order valence-corrected chi connectivity index (χ0v) is 8.17. The number of nitrogens with zero attached hydrogens (tertiary/aromatic N) is 1. The summed E-state index contributed by atoms with van der Waals surface area (Å²) in [4.78, 5) is 14.7. The molecule has 0 unspecified atom stereocenters. The second-order valence-electron chi connectivity index (χ2n) is 3.84. The number of rotatable bonds is 1. The maximum Gasteiger partial charge on any atom is 0.156 e. The summed E-state index contributed by atoms with van der Waals surface area (Å²) in [6, 6.07) is 2.62. The Morgan fingerprint density at radius 2 is 2.00 bits per heavy atom. The maximum atomic E-state index is 14.3. The van der Waals surface area contributed by atoms with Crippen molar-refractivity contribution in [1.29, 1.82) is 0 Å². The van der Waals surface area contributed by atoms with Crippen LogP contribution in [0.3, 0.4) is 0 Å².